The number of halogens is 1. The first-order chi connectivity index (χ1) is 14.5. The quantitative estimate of drug-likeness (QED) is 0.404. The molecule has 6 nitrogen and oxygen atoms in total. The molecule has 1 amide bonds. The number of hydrogen-bond donors (Lipinski definition) is 3. The summed E-state index contributed by atoms with van der Waals surface area (Å²) in [6.07, 6.45) is 4.73. The van der Waals surface area contributed by atoms with Crippen LogP contribution in [0, 0.1) is 5.92 Å². The van der Waals surface area contributed by atoms with Gasteiger partial charge in [-0.2, -0.15) is 5.10 Å². The highest BCUT2D eigenvalue weighted by atomic mass is 35.5. The fraction of sp³-hybridized carbons (Fsp3) is 0.304. The van der Waals surface area contributed by atoms with E-state index in [4.69, 9.17) is 16.3 Å². The van der Waals surface area contributed by atoms with Crippen LogP contribution in [0.25, 0.3) is 10.9 Å². The number of hydrogen-bond acceptors (Lipinski definition) is 4. The van der Waals surface area contributed by atoms with Gasteiger partial charge in [-0.05, 0) is 73.6 Å². The van der Waals surface area contributed by atoms with Crippen molar-refractivity contribution in [2.45, 2.75) is 33.1 Å². The number of aryl methyl sites for hydroxylation is 1. The number of phenolic OH excluding ortho intramolecular Hbond substituents is 1. The molecule has 3 N–H and O–H groups in total. The first-order valence-corrected chi connectivity index (χ1v) is 10.5. The van der Waals surface area contributed by atoms with Gasteiger partial charge in [-0.25, -0.2) is 5.43 Å². The SMILES string of the molecule is CCOc1cc(/C=N\NC(=O)c2ccc3[nH]c4c(c3c2)CC(C)CC4)cc(Cl)c1O. The highest BCUT2D eigenvalue weighted by molar-refractivity contribution is 6.32. The zero-order valence-electron chi connectivity index (χ0n) is 17.0. The van der Waals surface area contributed by atoms with Gasteiger partial charge in [0.25, 0.3) is 5.91 Å². The number of aromatic hydroxyl groups is 1. The summed E-state index contributed by atoms with van der Waals surface area (Å²) in [6.45, 7) is 4.47. The number of ether oxygens (including phenoxy) is 1. The van der Waals surface area contributed by atoms with E-state index >= 15 is 0 Å². The average molecular weight is 426 g/mol. The number of benzene rings is 2. The fourth-order valence-electron chi connectivity index (χ4n) is 3.90. The number of nitrogens with one attached hydrogen (secondary N) is 2. The van der Waals surface area contributed by atoms with Gasteiger partial charge in [-0.3, -0.25) is 4.79 Å². The predicted octanol–water partition coefficient (Wildman–Crippen LogP) is 4.81. The second-order valence-corrected chi connectivity index (χ2v) is 8.08. The lowest BCUT2D eigenvalue weighted by molar-refractivity contribution is 0.0955. The molecule has 0 aliphatic heterocycles. The van der Waals surface area contributed by atoms with E-state index < -0.39 is 0 Å². The maximum absolute atomic E-state index is 12.6. The van der Waals surface area contributed by atoms with Crippen molar-refractivity contribution in [1.29, 1.82) is 0 Å². The van der Waals surface area contributed by atoms with Crippen LogP contribution >= 0.6 is 11.6 Å². The van der Waals surface area contributed by atoms with Crippen molar-refractivity contribution >= 4 is 34.6 Å². The molecule has 0 fully saturated rings. The molecule has 1 aromatic heterocycles. The van der Waals surface area contributed by atoms with E-state index in [1.54, 1.807) is 18.2 Å². The number of carbonyl (C=O) groups is 1. The van der Waals surface area contributed by atoms with Crippen LogP contribution in [-0.4, -0.2) is 28.8 Å². The molecule has 0 bridgehead atoms. The molecule has 1 aliphatic carbocycles. The van der Waals surface area contributed by atoms with Gasteiger partial charge in [0, 0.05) is 22.2 Å². The molecule has 4 rings (SSSR count). The molecule has 0 radical (unpaired) electrons. The first kappa shape index (κ1) is 20.3. The maximum atomic E-state index is 12.6. The van der Waals surface area contributed by atoms with Gasteiger partial charge in [0.05, 0.1) is 17.8 Å². The zero-order chi connectivity index (χ0) is 21.3. The molecule has 1 atom stereocenters. The third-order valence-electron chi connectivity index (χ3n) is 5.43. The van der Waals surface area contributed by atoms with Gasteiger partial charge in [-0.1, -0.05) is 18.5 Å². The highest BCUT2D eigenvalue weighted by Crippen LogP contribution is 2.35. The molecule has 0 saturated carbocycles. The van der Waals surface area contributed by atoms with Crippen LogP contribution in [0.4, 0.5) is 0 Å². The Labute approximate surface area is 179 Å². The Balaban J connectivity index is 1.52. The summed E-state index contributed by atoms with van der Waals surface area (Å²) in [5.74, 6) is 0.519. The van der Waals surface area contributed by atoms with Crippen molar-refractivity contribution in [2.75, 3.05) is 6.61 Å². The summed E-state index contributed by atoms with van der Waals surface area (Å²) in [5, 5.41) is 15.2. The topological polar surface area (TPSA) is 86.7 Å². The molecular formula is C23H24ClN3O3. The Morgan fingerprint density at radius 2 is 2.23 bits per heavy atom. The number of carbonyl (C=O) groups excluding carboxylic acids is 1. The fourth-order valence-corrected chi connectivity index (χ4v) is 4.12. The molecule has 0 saturated heterocycles. The summed E-state index contributed by atoms with van der Waals surface area (Å²) < 4.78 is 5.35. The number of aromatic nitrogens is 1. The summed E-state index contributed by atoms with van der Waals surface area (Å²) in [4.78, 5) is 16.1. The Hall–Kier alpha value is -2.99. The van der Waals surface area contributed by atoms with E-state index in [2.05, 4.69) is 22.4 Å². The Morgan fingerprint density at radius 3 is 3.03 bits per heavy atom. The number of phenols is 1. The summed E-state index contributed by atoms with van der Waals surface area (Å²) >= 11 is 6.02. The smallest absolute Gasteiger partial charge is 0.271 e. The van der Waals surface area contributed by atoms with Crippen LogP contribution < -0.4 is 10.2 Å². The van der Waals surface area contributed by atoms with E-state index in [-0.39, 0.29) is 22.4 Å². The van der Waals surface area contributed by atoms with E-state index in [0.717, 1.165) is 23.7 Å². The third-order valence-corrected chi connectivity index (χ3v) is 5.71. The maximum Gasteiger partial charge on any atom is 0.271 e. The number of rotatable bonds is 5. The molecule has 1 heterocycles. The average Bonchev–Trinajstić information content (AvgIpc) is 3.08. The Kier molecular flexibility index (Phi) is 5.68. The van der Waals surface area contributed by atoms with Crippen molar-refractivity contribution in [1.82, 2.24) is 10.4 Å². The number of aromatic amines is 1. The van der Waals surface area contributed by atoms with Crippen LogP contribution in [-0.2, 0) is 12.8 Å². The van der Waals surface area contributed by atoms with Crippen molar-refractivity contribution in [2.24, 2.45) is 11.0 Å². The van der Waals surface area contributed by atoms with E-state index in [1.807, 2.05) is 19.1 Å². The van der Waals surface area contributed by atoms with Crippen LogP contribution in [0.2, 0.25) is 5.02 Å². The van der Waals surface area contributed by atoms with Gasteiger partial charge in [0.2, 0.25) is 0 Å². The summed E-state index contributed by atoms with van der Waals surface area (Å²) in [6, 6.07) is 8.83. The molecular weight excluding hydrogens is 402 g/mol. The van der Waals surface area contributed by atoms with Gasteiger partial charge in [-0.15, -0.1) is 0 Å². The molecule has 3 aromatic rings. The number of nitrogens with zero attached hydrogens (tertiary/aromatic N) is 1. The Morgan fingerprint density at radius 1 is 1.40 bits per heavy atom. The van der Waals surface area contributed by atoms with Crippen LogP contribution in [0.1, 0.15) is 47.4 Å². The largest absolute Gasteiger partial charge is 0.503 e. The molecule has 0 spiro atoms. The van der Waals surface area contributed by atoms with Crippen LogP contribution in [0.5, 0.6) is 11.5 Å². The highest BCUT2D eigenvalue weighted by Gasteiger charge is 2.20. The molecule has 1 aliphatic rings. The second kappa shape index (κ2) is 8.40. The predicted molar refractivity (Wildman–Crippen MR) is 119 cm³/mol. The number of H-pyrrole nitrogens is 1. The van der Waals surface area contributed by atoms with Crippen molar-refractivity contribution in [3.05, 3.63) is 57.7 Å². The van der Waals surface area contributed by atoms with Crippen molar-refractivity contribution in [3.8, 4) is 11.5 Å². The number of hydrazone groups is 1. The zero-order valence-corrected chi connectivity index (χ0v) is 17.7. The standard InChI is InChI=1S/C23H24ClN3O3/c1-3-30-21-10-14(9-18(24)22(21)28)12-25-27-23(29)15-5-7-20-17(11-15)16-8-13(2)4-6-19(16)26-20/h5,7,9-13,26,28H,3-4,6,8H2,1-2H3,(H,27,29)/b25-12-. The second-order valence-electron chi connectivity index (χ2n) is 7.67. The molecule has 7 heteroatoms. The minimum absolute atomic E-state index is 0.114. The van der Waals surface area contributed by atoms with E-state index in [9.17, 15) is 9.90 Å². The lowest BCUT2D eigenvalue weighted by Crippen LogP contribution is -2.17. The van der Waals surface area contributed by atoms with Crippen molar-refractivity contribution < 1.29 is 14.6 Å². The molecule has 156 valence electrons. The van der Waals surface area contributed by atoms with E-state index in [1.165, 1.54) is 23.9 Å². The normalized spacial score (nSPS) is 16.0. The lowest BCUT2D eigenvalue weighted by Gasteiger charge is -2.18. The summed E-state index contributed by atoms with van der Waals surface area (Å²) in [7, 11) is 0. The van der Waals surface area contributed by atoms with Gasteiger partial charge in [0.1, 0.15) is 0 Å². The number of amides is 1. The molecule has 30 heavy (non-hydrogen) atoms. The lowest BCUT2D eigenvalue weighted by atomic mass is 9.87. The minimum Gasteiger partial charge on any atom is -0.503 e. The van der Waals surface area contributed by atoms with Gasteiger partial charge < -0.3 is 14.8 Å². The Bertz CT molecular complexity index is 1140. The minimum atomic E-state index is -0.290. The van der Waals surface area contributed by atoms with Crippen LogP contribution in [0.15, 0.2) is 35.4 Å². The van der Waals surface area contributed by atoms with Crippen molar-refractivity contribution in [3.63, 3.8) is 0 Å². The van der Waals surface area contributed by atoms with E-state index in [0.29, 0.717) is 23.7 Å². The monoisotopic (exact) mass is 425 g/mol. The van der Waals surface area contributed by atoms with Gasteiger partial charge in [0.15, 0.2) is 11.5 Å². The number of fused-ring (bicyclic) bond motifs is 3. The third kappa shape index (κ3) is 4.00. The first-order valence-electron chi connectivity index (χ1n) is 10.1. The molecule has 2 aromatic carbocycles. The summed E-state index contributed by atoms with van der Waals surface area (Å²) in [5.41, 5.74) is 7.38. The molecule has 1 unspecified atom stereocenters. The van der Waals surface area contributed by atoms with Gasteiger partial charge >= 0.3 is 0 Å². The van der Waals surface area contributed by atoms with Crippen LogP contribution in [0.3, 0.4) is 0 Å².